The summed E-state index contributed by atoms with van der Waals surface area (Å²) in [6.45, 7) is 4.68. The van der Waals surface area contributed by atoms with E-state index in [0.717, 1.165) is 30.6 Å². The number of unbranched alkanes of at least 4 members (excludes halogenated alkanes) is 1. The quantitative estimate of drug-likeness (QED) is 0.674. The molecule has 1 atom stereocenters. The van der Waals surface area contributed by atoms with Crippen molar-refractivity contribution < 1.29 is 19.4 Å². The van der Waals surface area contributed by atoms with Crippen molar-refractivity contribution in [3.63, 3.8) is 0 Å². The van der Waals surface area contributed by atoms with Crippen molar-refractivity contribution in [3.05, 3.63) is 29.8 Å². The summed E-state index contributed by atoms with van der Waals surface area (Å²) < 4.78 is 10.5. The summed E-state index contributed by atoms with van der Waals surface area (Å²) in [7, 11) is 0. The minimum Gasteiger partial charge on any atom is -0.491 e. The monoisotopic (exact) mass is 294 g/mol. The summed E-state index contributed by atoms with van der Waals surface area (Å²) in [4.78, 5) is 12.0. The second-order valence-corrected chi connectivity index (χ2v) is 5.01. The van der Waals surface area contributed by atoms with Crippen LogP contribution >= 0.6 is 0 Å². The number of aliphatic hydroxyl groups is 1. The van der Waals surface area contributed by atoms with E-state index >= 15 is 0 Å². The first-order valence-electron chi connectivity index (χ1n) is 7.70. The van der Waals surface area contributed by atoms with Crippen LogP contribution in [0.25, 0.3) is 0 Å². The fourth-order valence-corrected chi connectivity index (χ4v) is 2.18. The summed E-state index contributed by atoms with van der Waals surface area (Å²) >= 11 is 0. The molecule has 1 unspecified atom stereocenters. The lowest BCUT2D eigenvalue weighted by Gasteiger charge is -2.15. The SMILES string of the molecule is CCCCC(Cc1ccc(OCCO)cc1)C(=O)OCC. The third kappa shape index (κ3) is 6.63. The number of aliphatic hydroxyl groups excluding tert-OH is 1. The van der Waals surface area contributed by atoms with Gasteiger partial charge in [0.2, 0.25) is 0 Å². The van der Waals surface area contributed by atoms with Crippen LogP contribution in [0.15, 0.2) is 24.3 Å². The van der Waals surface area contributed by atoms with Crippen molar-refractivity contribution in [2.75, 3.05) is 19.8 Å². The van der Waals surface area contributed by atoms with Crippen molar-refractivity contribution >= 4 is 5.97 Å². The molecule has 21 heavy (non-hydrogen) atoms. The van der Waals surface area contributed by atoms with Gasteiger partial charge >= 0.3 is 5.97 Å². The molecule has 0 saturated carbocycles. The molecule has 0 aliphatic carbocycles. The predicted molar refractivity (Wildman–Crippen MR) is 82.4 cm³/mol. The molecule has 0 fully saturated rings. The molecule has 0 saturated heterocycles. The van der Waals surface area contributed by atoms with Crippen LogP contribution in [0.5, 0.6) is 5.75 Å². The van der Waals surface area contributed by atoms with Gasteiger partial charge in [-0.25, -0.2) is 0 Å². The van der Waals surface area contributed by atoms with E-state index in [1.807, 2.05) is 31.2 Å². The lowest BCUT2D eigenvalue weighted by atomic mass is 9.94. The fourth-order valence-electron chi connectivity index (χ4n) is 2.18. The molecule has 1 N–H and O–H groups in total. The summed E-state index contributed by atoms with van der Waals surface area (Å²) in [5, 5.41) is 8.72. The first-order chi connectivity index (χ1) is 10.2. The van der Waals surface area contributed by atoms with Gasteiger partial charge < -0.3 is 14.6 Å². The highest BCUT2D eigenvalue weighted by Gasteiger charge is 2.19. The van der Waals surface area contributed by atoms with Crippen LogP contribution in [-0.2, 0) is 16.0 Å². The number of carbonyl (C=O) groups excluding carboxylic acids is 1. The van der Waals surface area contributed by atoms with E-state index in [0.29, 0.717) is 19.6 Å². The average Bonchev–Trinajstić information content (AvgIpc) is 2.50. The first kappa shape index (κ1) is 17.5. The normalized spacial score (nSPS) is 12.0. The Kier molecular flexibility index (Phi) is 8.51. The number of rotatable bonds is 10. The van der Waals surface area contributed by atoms with Crippen molar-refractivity contribution in [2.45, 2.75) is 39.5 Å². The Morgan fingerprint density at radius 2 is 1.95 bits per heavy atom. The van der Waals surface area contributed by atoms with Crippen LogP contribution in [0.3, 0.4) is 0 Å². The van der Waals surface area contributed by atoms with Crippen LogP contribution in [-0.4, -0.2) is 30.9 Å². The van der Waals surface area contributed by atoms with Crippen LogP contribution in [0, 0.1) is 5.92 Å². The summed E-state index contributed by atoms with van der Waals surface area (Å²) in [6, 6.07) is 7.66. The van der Waals surface area contributed by atoms with E-state index < -0.39 is 0 Å². The van der Waals surface area contributed by atoms with E-state index in [2.05, 4.69) is 6.92 Å². The van der Waals surface area contributed by atoms with Gasteiger partial charge in [0.05, 0.1) is 19.1 Å². The lowest BCUT2D eigenvalue weighted by Crippen LogP contribution is -2.20. The van der Waals surface area contributed by atoms with Crippen LogP contribution in [0.1, 0.15) is 38.7 Å². The van der Waals surface area contributed by atoms with Gasteiger partial charge in [-0.1, -0.05) is 31.9 Å². The molecule has 4 nitrogen and oxygen atoms in total. The standard InChI is InChI=1S/C17H26O4/c1-3-5-6-15(17(19)20-4-2)13-14-7-9-16(10-8-14)21-12-11-18/h7-10,15,18H,3-6,11-13H2,1-2H3. The first-order valence-corrected chi connectivity index (χ1v) is 7.70. The molecular weight excluding hydrogens is 268 g/mol. The Morgan fingerprint density at radius 1 is 1.24 bits per heavy atom. The largest absolute Gasteiger partial charge is 0.491 e. The van der Waals surface area contributed by atoms with E-state index in [-0.39, 0.29) is 18.5 Å². The molecule has 0 aliphatic heterocycles. The Labute approximate surface area is 127 Å². The zero-order valence-electron chi connectivity index (χ0n) is 13.0. The maximum atomic E-state index is 12.0. The third-order valence-electron chi connectivity index (χ3n) is 3.29. The number of hydrogen-bond acceptors (Lipinski definition) is 4. The number of hydrogen-bond donors (Lipinski definition) is 1. The minimum absolute atomic E-state index is 0.00367. The Bertz CT molecular complexity index is 400. The highest BCUT2D eigenvalue weighted by atomic mass is 16.5. The molecule has 0 spiro atoms. The molecule has 0 aliphatic rings. The van der Waals surface area contributed by atoms with E-state index in [1.165, 1.54) is 0 Å². The Morgan fingerprint density at radius 3 is 2.52 bits per heavy atom. The molecule has 0 amide bonds. The Balaban J connectivity index is 2.62. The summed E-state index contributed by atoms with van der Waals surface area (Å²) in [6.07, 6.45) is 3.65. The van der Waals surface area contributed by atoms with Crippen molar-refractivity contribution in [1.29, 1.82) is 0 Å². The fraction of sp³-hybridized carbons (Fsp3) is 0.588. The third-order valence-corrected chi connectivity index (χ3v) is 3.29. The van der Waals surface area contributed by atoms with Crippen LogP contribution < -0.4 is 4.74 Å². The highest BCUT2D eigenvalue weighted by Crippen LogP contribution is 2.19. The van der Waals surface area contributed by atoms with E-state index in [9.17, 15) is 4.79 Å². The molecule has 1 aromatic rings. The maximum Gasteiger partial charge on any atom is 0.309 e. The number of esters is 1. The minimum atomic E-state index is -0.105. The van der Waals surface area contributed by atoms with Gasteiger partial charge in [0.25, 0.3) is 0 Å². The maximum absolute atomic E-state index is 12.0. The molecule has 118 valence electrons. The highest BCUT2D eigenvalue weighted by molar-refractivity contribution is 5.72. The van der Waals surface area contributed by atoms with Crippen LogP contribution in [0.4, 0.5) is 0 Å². The van der Waals surface area contributed by atoms with Gasteiger partial charge in [0.1, 0.15) is 12.4 Å². The molecule has 0 heterocycles. The second-order valence-electron chi connectivity index (χ2n) is 5.01. The van der Waals surface area contributed by atoms with Gasteiger partial charge in [0.15, 0.2) is 0 Å². The lowest BCUT2D eigenvalue weighted by molar-refractivity contribution is -0.148. The van der Waals surface area contributed by atoms with Gasteiger partial charge in [-0.15, -0.1) is 0 Å². The molecule has 0 aromatic heterocycles. The zero-order chi connectivity index (χ0) is 15.5. The van der Waals surface area contributed by atoms with Gasteiger partial charge in [0, 0.05) is 0 Å². The number of benzene rings is 1. The summed E-state index contributed by atoms with van der Waals surface area (Å²) in [5.41, 5.74) is 1.10. The molecular formula is C17H26O4. The smallest absolute Gasteiger partial charge is 0.309 e. The molecule has 1 rings (SSSR count). The molecule has 0 radical (unpaired) electrons. The number of carbonyl (C=O) groups is 1. The second kappa shape index (κ2) is 10.2. The molecule has 4 heteroatoms. The number of ether oxygens (including phenoxy) is 2. The topological polar surface area (TPSA) is 55.8 Å². The van der Waals surface area contributed by atoms with Gasteiger partial charge in [-0.2, -0.15) is 0 Å². The van der Waals surface area contributed by atoms with Crippen LogP contribution in [0.2, 0.25) is 0 Å². The predicted octanol–water partition coefficient (Wildman–Crippen LogP) is 2.97. The van der Waals surface area contributed by atoms with Crippen molar-refractivity contribution in [2.24, 2.45) is 5.92 Å². The molecule has 1 aromatic carbocycles. The Hall–Kier alpha value is -1.55. The van der Waals surface area contributed by atoms with Gasteiger partial charge in [-0.05, 0) is 37.5 Å². The van der Waals surface area contributed by atoms with Gasteiger partial charge in [-0.3, -0.25) is 4.79 Å². The summed E-state index contributed by atoms with van der Waals surface area (Å²) in [5.74, 6) is 0.551. The van der Waals surface area contributed by atoms with E-state index in [4.69, 9.17) is 14.6 Å². The van der Waals surface area contributed by atoms with E-state index in [1.54, 1.807) is 0 Å². The average molecular weight is 294 g/mol. The molecule has 0 bridgehead atoms. The van der Waals surface area contributed by atoms with Crippen molar-refractivity contribution in [1.82, 2.24) is 0 Å². The van der Waals surface area contributed by atoms with Crippen molar-refractivity contribution in [3.8, 4) is 5.75 Å². The zero-order valence-corrected chi connectivity index (χ0v) is 13.0.